The molecule has 0 bridgehead atoms. The Morgan fingerprint density at radius 2 is 1.93 bits per heavy atom. The first-order chi connectivity index (χ1) is 14.6. The number of benzene rings is 2. The molecule has 2 aromatic heterocycles. The Kier molecular flexibility index (Phi) is 5.05. The molecule has 1 aliphatic carbocycles. The van der Waals surface area contributed by atoms with Crippen LogP contribution in [0, 0.1) is 12.8 Å². The summed E-state index contributed by atoms with van der Waals surface area (Å²) in [4.78, 5) is 2.56. The topological polar surface area (TPSA) is 22.8 Å². The summed E-state index contributed by atoms with van der Waals surface area (Å²) in [6.07, 6.45) is 11.9. The highest BCUT2D eigenvalue weighted by molar-refractivity contribution is 8.03. The van der Waals surface area contributed by atoms with Crippen LogP contribution in [0.3, 0.4) is 0 Å². The zero-order valence-corrected chi connectivity index (χ0v) is 18.5. The number of allylic oxidation sites excluding steroid dienone is 3. The number of aromatic nitrogens is 3. The summed E-state index contributed by atoms with van der Waals surface area (Å²) in [5.74, 6) is 0.574. The summed E-state index contributed by atoms with van der Waals surface area (Å²) >= 11 is 8.22. The molecule has 0 N–H and O–H groups in total. The van der Waals surface area contributed by atoms with E-state index in [0.717, 1.165) is 28.3 Å². The van der Waals surface area contributed by atoms with Crippen molar-refractivity contribution in [3.05, 3.63) is 94.8 Å². The highest BCUT2D eigenvalue weighted by Crippen LogP contribution is 2.41. The molecule has 3 nitrogen and oxygen atoms in total. The van der Waals surface area contributed by atoms with Crippen molar-refractivity contribution in [3.63, 3.8) is 0 Å². The Balaban J connectivity index is 1.64. The van der Waals surface area contributed by atoms with E-state index >= 15 is 0 Å². The predicted molar refractivity (Wildman–Crippen MR) is 127 cm³/mol. The van der Waals surface area contributed by atoms with Gasteiger partial charge in [0.05, 0.1) is 29.3 Å². The van der Waals surface area contributed by atoms with E-state index in [1.165, 1.54) is 20.9 Å². The summed E-state index contributed by atoms with van der Waals surface area (Å²) in [5, 5.41) is 6.55. The van der Waals surface area contributed by atoms with Crippen molar-refractivity contribution < 1.29 is 0 Å². The molecule has 1 aliphatic rings. The van der Waals surface area contributed by atoms with Crippen molar-refractivity contribution in [3.8, 4) is 11.4 Å². The monoisotopic (exact) mass is 431 g/mol. The number of para-hydroxylation sites is 1. The van der Waals surface area contributed by atoms with E-state index in [4.69, 9.17) is 11.6 Å². The van der Waals surface area contributed by atoms with E-state index in [-0.39, 0.29) is 0 Å². The minimum Gasteiger partial charge on any atom is -0.310 e. The third-order valence-electron chi connectivity index (χ3n) is 5.42. The Labute approximate surface area is 185 Å². The first-order valence-electron chi connectivity index (χ1n) is 10.1. The highest BCUT2D eigenvalue weighted by atomic mass is 35.5. The molecule has 2 heterocycles. The standard InChI is InChI=1S/C25H22ClN3S/c1-17-7-6-10-22(13-17)30-25-18(2)29(24-14-19(26)11-12-23(24)25)21-15-27-28(16-21)20-8-4-3-5-9-20/h3-6,8-17H,7H2,1-2H3. The fraction of sp³-hybridized carbons (Fsp3) is 0.160. The van der Waals surface area contributed by atoms with E-state index in [2.05, 4.69) is 66.1 Å². The van der Waals surface area contributed by atoms with Gasteiger partial charge >= 0.3 is 0 Å². The third kappa shape index (κ3) is 3.51. The van der Waals surface area contributed by atoms with Gasteiger partial charge < -0.3 is 4.57 Å². The molecule has 150 valence electrons. The second-order valence-corrected chi connectivity index (χ2v) is 9.20. The molecule has 0 radical (unpaired) electrons. The largest absolute Gasteiger partial charge is 0.310 e. The maximum atomic E-state index is 6.39. The number of rotatable bonds is 4. The van der Waals surface area contributed by atoms with Gasteiger partial charge in [0.15, 0.2) is 0 Å². The van der Waals surface area contributed by atoms with Crippen molar-refractivity contribution in [1.29, 1.82) is 0 Å². The highest BCUT2D eigenvalue weighted by Gasteiger charge is 2.19. The number of hydrogen-bond donors (Lipinski definition) is 0. The lowest BCUT2D eigenvalue weighted by Gasteiger charge is -2.12. The average Bonchev–Trinajstić information content (AvgIpc) is 3.32. The van der Waals surface area contributed by atoms with Gasteiger partial charge in [-0.05, 0) is 43.5 Å². The molecule has 0 spiro atoms. The fourth-order valence-electron chi connectivity index (χ4n) is 3.96. The van der Waals surface area contributed by atoms with Crippen LogP contribution >= 0.6 is 23.4 Å². The maximum absolute atomic E-state index is 6.39. The van der Waals surface area contributed by atoms with Crippen LogP contribution in [0.4, 0.5) is 0 Å². The van der Waals surface area contributed by atoms with Crippen LogP contribution < -0.4 is 0 Å². The van der Waals surface area contributed by atoms with Gasteiger partial charge in [-0.15, -0.1) is 0 Å². The number of nitrogens with zero attached hydrogens (tertiary/aromatic N) is 3. The lowest BCUT2D eigenvalue weighted by molar-refractivity contribution is 0.735. The quantitative estimate of drug-likeness (QED) is 0.337. The molecular formula is C25H22ClN3S. The molecule has 0 saturated heterocycles. The number of hydrogen-bond acceptors (Lipinski definition) is 2. The first-order valence-corrected chi connectivity index (χ1v) is 11.3. The van der Waals surface area contributed by atoms with Gasteiger partial charge in [0.1, 0.15) is 0 Å². The van der Waals surface area contributed by atoms with Crippen molar-refractivity contribution in [1.82, 2.24) is 14.3 Å². The number of fused-ring (bicyclic) bond motifs is 1. The molecule has 1 atom stereocenters. The zero-order chi connectivity index (χ0) is 20.7. The average molecular weight is 432 g/mol. The van der Waals surface area contributed by atoms with Crippen LogP contribution in [-0.2, 0) is 0 Å². The van der Waals surface area contributed by atoms with Crippen LogP contribution in [0.2, 0.25) is 5.02 Å². The Morgan fingerprint density at radius 1 is 1.10 bits per heavy atom. The minimum atomic E-state index is 0.574. The second kappa shape index (κ2) is 7.86. The fourth-order valence-corrected chi connectivity index (χ4v) is 5.35. The van der Waals surface area contributed by atoms with Crippen LogP contribution in [0.5, 0.6) is 0 Å². The van der Waals surface area contributed by atoms with E-state index in [1.54, 1.807) is 0 Å². The molecular weight excluding hydrogens is 410 g/mol. The van der Waals surface area contributed by atoms with E-state index < -0.39 is 0 Å². The molecule has 0 fully saturated rings. The van der Waals surface area contributed by atoms with Gasteiger partial charge in [0, 0.05) is 25.9 Å². The third-order valence-corrected chi connectivity index (χ3v) is 6.88. The molecule has 5 heteroatoms. The van der Waals surface area contributed by atoms with Crippen LogP contribution in [-0.4, -0.2) is 14.3 Å². The summed E-state index contributed by atoms with van der Waals surface area (Å²) in [6, 6.07) is 16.3. The van der Waals surface area contributed by atoms with Gasteiger partial charge in [0.25, 0.3) is 0 Å². The SMILES string of the molecule is Cc1c(SC2=CC(C)CC=C2)c2ccc(Cl)cc2n1-c1cnn(-c2ccccc2)c1. The number of halogens is 1. The van der Waals surface area contributed by atoms with Crippen molar-refractivity contribution in [2.24, 2.45) is 5.92 Å². The lowest BCUT2D eigenvalue weighted by atomic mass is 10.0. The summed E-state index contributed by atoms with van der Waals surface area (Å²) in [6.45, 7) is 4.44. The molecule has 30 heavy (non-hydrogen) atoms. The minimum absolute atomic E-state index is 0.574. The normalized spacial score (nSPS) is 16.2. The Bertz CT molecular complexity index is 1280. The van der Waals surface area contributed by atoms with Crippen LogP contribution in [0.15, 0.2) is 89.0 Å². The first kappa shape index (κ1) is 19.3. The predicted octanol–water partition coefficient (Wildman–Crippen LogP) is 7.35. The maximum Gasteiger partial charge on any atom is 0.0845 e. The van der Waals surface area contributed by atoms with Crippen molar-refractivity contribution in [2.45, 2.75) is 25.2 Å². The molecule has 0 amide bonds. The van der Waals surface area contributed by atoms with Gasteiger partial charge in [-0.3, -0.25) is 0 Å². The second-order valence-electron chi connectivity index (χ2n) is 7.68. The van der Waals surface area contributed by atoms with Crippen molar-refractivity contribution >= 4 is 34.3 Å². The summed E-state index contributed by atoms with van der Waals surface area (Å²) in [7, 11) is 0. The van der Waals surface area contributed by atoms with E-state index in [1.807, 2.05) is 53.0 Å². The van der Waals surface area contributed by atoms with Crippen LogP contribution in [0.1, 0.15) is 19.0 Å². The van der Waals surface area contributed by atoms with Gasteiger partial charge in [-0.2, -0.15) is 5.10 Å². The zero-order valence-electron chi connectivity index (χ0n) is 16.9. The Hall–Kier alpha value is -2.69. The van der Waals surface area contributed by atoms with E-state index in [9.17, 15) is 0 Å². The molecule has 0 aliphatic heterocycles. The summed E-state index contributed by atoms with van der Waals surface area (Å²) < 4.78 is 4.17. The molecule has 2 aromatic carbocycles. The van der Waals surface area contributed by atoms with E-state index in [0.29, 0.717) is 5.92 Å². The van der Waals surface area contributed by atoms with Gasteiger partial charge in [0.2, 0.25) is 0 Å². The molecule has 0 saturated carbocycles. The van der Waals surface area contributed by atoms with Crippen LogP contribution in [0.25, 0.3) is 22.3 Å². The lowest BCUT2D eigenvalue weighted by Crippen LogP contribution is -1.96. The Morgan fingerprint density at radius 3 is 2.73 bits per heavy atom. The van der Waals surface area contributed by atoms with Gasteiger partial charge in [-0.1, -0.05) is 72.8 Å². The molecule has 4 aromatic rings. The summed E-state index contributed by atoms with van der Waals surface area (Å²) in [5.41, 5.74) is 4.36. The smallest absolute Gasteiger partial charge is 0.0845 e. The molecule has 1 unspecified atom stereocenters. The number of thioether (sulfide) groups is 1. The molecule has 5 rings (SSSR count). The van der Waals surface area contributed by atoms with Gasteiger partial charge in [-0.25, -0.2) is 4.68 Å². The van der Waals surface area contributed by atoms with Crippen molar-refractivity contribution in [2.75, 3.05) is 0 Å².